The topological polar surface area (TPSA) is 60.2 Å². The van der Waals surface area contributed by atoms with Crippen molar-refractivity contribution in [2.45, 2.75) is 43.7 Å². The van der Waals surface area contributed by atoms with Crippen LogP contribution in [-0.2, 0) is 10.9 Å². The van der Waals surface area contributed by atoms with E-state index in [9.17, 15) is 13.2 Å². The van der Waals surface area contributed by atoms with Crippen LogP contribution in [0.2, 0.25) is 0 Å². The monoisotopic (exact) mass is 287 g/mol. The Bertz CT molecular complexity index is 494. The van der Waals surface area contributed by atoms with Gasteiger partial charge in [-0.25, -0.2) is 0 Å². The van der Waals surface area contributed by atoms with E-state index in [1.54, 1.807) is 0 Å². The first-order valence-electron chi connectivity index (χ1n) is 6.63. The van der Waals surface area contributed by atoms with Crippen LogP contribution in [0.5, 0.6) is 0 Å². The molecular weight excluding hydrogens is 271 g/mol. The fourth-order valence-corrected chi connectivity index (χ4v) is 3.38. The maximum absolute atomic E-state index is 13.1. The molecule has 4 unspecified atom stereocenters. The molecule has 0 saturated carbocycles. The highest BCUT2D eigenvalue weighted by Gasteiger charge is 2.46. The van der Waals surface area contributed by atoms with Gasteiger partial charge in [-0.3, -0.25) is 16.3 Å². The van der Waals surface area contributed by atoms with E-state index >= 15 is 0 Å². The second kappa shape index (κ2) is 4.98. The fourth-order valence-electron chi connectivity index (χ4n) is 3.38. The Hall–Kier alpha value is -1.18. The number of hydrazine groups is 1. The Morgan fingerprint density at radius 3 is 2.75 bits per heavy atom. The Morgan fingerprint density at radius 1 is 1.40 bits per heavy atom. The standard InChI is InChI=1S/C13H16F3N3O/c14-13(15,16)10-3-4-18-6-9(10)12(19-17)8-5-7-1-2-11(8)20-7/h3-4,6-8,11-12,19H,1-2,5,17H2. The summed E-state index contributed by atoms with van der Waals surface area (Å²) >= 11 is 0. The Kier molecular flexibility index (Phi) is 3.43. The Balaban J connectivity index is 1.94. The molecule has 1 aromatic rings. The van der Waals surface area contributed by atoms with Crippen molar-refractivity contribution in [3.8, 4) is 0 Å². The van der Waals surface area contributed by atoms with E-state index in [0.29, 0.717) is 0 Å². The van der Waals surface area contributed by atoms with Crippen LogP contribution in [0.25, 0.3) is 0 Å². The molecule has 3 N–H and O–H groups in total. The van der Waals surface area contributed by atoms with E-state index in [1.165, 1.54) is 6.20 Å². The summed E-state index contributed by atoms with van der Waals surface area (Å²) < 4.78 is 45.0. The molecular formula is C13H16F3N3O. The number of nitrogens with one attached hydrogen (secondary N) is 1. The van der Waals surface area contributed by atoms with Crippen LogP contribution < -0.4 is 11.3 Å². The van der Waals surface area contributed by atoms with E-state index in [-0.39, 0.29) is 23.7 Å². The largest absolute Gasteiger partial charge is 0.416 e. The number of nitrogens with zero attached hydrogens (tertiary/aromatic N) is 1. The minimum atomic E-state index is -4.41. The first-order chi connectivity index (χ1) is 9.50. The van der Waals surface area contributed by atoms with Crippen molar-refractivity contribution < 1.29 is 17.9 Å². The van der Waals surface area contributed by atoms with E-state index in [2.05, 4.69) is 10.4 Å². The van der Waals surface area contributed by atoms with Gasteiger partial charge in [0.1, 0.15) is 0 Å². The highest BCUT2D eigenvalue weighted by molar-refractivity contribution is 5.30. The molecule has 2 saturated heterocycles. The second-order valence-electron chi connectivity index (χ2n) is 5.38. The molecule has 0 radical (unpaired) electrons. The summed E-state index contributed by atoms with van der Waals surface area (Å²) in [5.41, 5.74) is 1.96. The van der Waals surface area contributed by atoms with Crippen LogP contribution in [0.3, 0.4) is 0 Å². The van der Waals surface area contributed by atoms with Gasteiger partial charge >= 0.3 is 6.18 Å². The molecule has 2 fully saturated rings. The highest BCUT2D eigenvalue weighted by Crippen LogP contribution is 2.46. The molecule has 110 valence electrons. The smallest absolute Gasteiger partial charge is 0.375 e. The number of nitrogens with two attached hydrogens (primary N) is 1. The van der Waals surface area contributed by atoms with Crippen molar-refractivity contribution in [3.63, 3.8) is 0 Å². The fraction of sp³-hybridized carbons (Fsp3) is 0.615. The van der Waals surface area contributed by atoms with Gasteiger partial charge in [0.05, 0.1) is 23.8 Å². The van der Waals surface area contributed by atoms with Crippen molar-refractivity contribution in [1.82, 2.24) is 10.4 Å². The number of aromatic nitrogens is 1. The molecule has 3 heterocycles. The Morgan fingerprint density at radius 2 is 2.20 bits per heavy atom. The molecule has 2 aliphatic heterocycles. The summed E-state index contributed by atoms with van der Waals surface area (Å²) in [6.45, 7) is 0. The lowest BCUT2D eigenvalue weighted by atomic mass is 9.80. The molecule has 0 aromatic carbocycles. The van der Waals surface area contributed by atoms with Gasteiger partial charge in [0.25, 0.3) is 0 Å². The minimum absolute atomic E-state index is 0.0117. The number of hydrogen-bond donors (Lipinski definition) is 2. The molecule has 4 atom stereocenters. The lowest BCUT2D eigenvalue weighted by molar-refractivity contribution is -0.138. The minimum Gasteiger partial charge on any atom is -0.375 e. The predicted octanol–water partition coefficient (Wildman–Crippen LogP) is 2.17. The van der Waals surface area contributed by atoms with Gasteiger partial charge in [-0.2, -0.15) is 13.2 Å². The van der Waals surface area contributed by atoms with Gasteiger partial charge in [0.2, 0.25) is 0 Å². The molecule has 0 aliphatic carbocycles. The van der Waals surface area contributed by atoms with Crippen molar-refractivity contribution in [2.24, 2.45) is 11.8 Å². The number of fused-ring (bicyclic) bond motifs is 2. The number of hydrogen-bond acceptors (Lipinski definition) is 4. The van der Waals surface area contributed by atoms with Crippen LogP contribution in [0.15, 0.2) is 18.5 Å². The molecule has 0 amide bonds. The number of rotatable bonds is 3. The van der Waals surface area contributed by atoms with Crippen molar-refractivity contribution in [1.29, 1.82) is 0 Å². The van der Waals surface area contributed by atoms with E-state index in [0.717, 1.165) is 31.5 Å². The van der Waals surface area contributed by atoms with Gasteiger partial charge in [0.15, 0.2) is 0 Å². The lowest BCUT2D eigenvalue weighted by Crippen LogP contribution is -2.38. The second-order valence-corrected chi connectivity index (χ2v) is 5.38. The number of halogens is 3. The first-order valence-corrected chi connectivity index (χ1v) is 6.63. The van der Waals surface area contributed by atoms with Crippen LogP contribution in [0.1, 0.15) is 36.4 Å². The number of alkyl halides is 3. The summed E-state index contributed by atoms with van der Waals surface area (Å²) in [4.78, 5) is 3.82. The summed E-state index contributed by atoms with van der Waals surface area (Å²) in [6.07, 6.45) is 0.745. The van der Waals surface area contributed by atoms with Crippen LogP contribution in [-0.4, -0.2) is 17.2 Å². The predicted molar refractivity (Wildman–Crippen MR) is 65.3 cm³/mol. The lowest BCUT2D eigenvalue weighted by Gasteiger charge is -2.29. The third-order valence-electron chi connectivity index (χ3n) is 4.25. The van der Waals surface area contributed by atoms with Crippen molar-refractivity contribution in [3.05, 3.63) is 29.6 Å². The molecule has 0 spiro atoms. The number of ether oxygens (including phenoxy) is 1. The molecule has 20 heavy (non-hydrogen) atoms. The van der Waals surface area contributed by atoms with Crippen molar-refractivity contribution >= 4 is 0 Å². The maximum Gasteiger partial charge on any atom is 0.416 e. The van der Waals surface area contributed by atoms with Gasteiger partial charge in [0, 0.05) is 23.9 Å². The molecule has 1 aromatic heterocycles. The van der Waals surface area contributed by atoms with Crippen LogP contribution >= 0.6 is 0 Å². The summed E-state index contributed by atoms with van der Waals surface area (Å²) in [7, 11) is 0. The van der Waals surface area contributed by atoms with Gasteiger partial charge in [-0.15, -0.1) is 0 Å². The zero-order valence-electron chi connectivity index (χ0n) is 10.7. The SMILES string of the molecule is NNC(c1cnccc1C(F)(F)F)C1CC2CCC1O2. The summed E-state index contributed by atoms with van der Waals surface area (Å²) in [5, 5.41) is 0. The third kappa shape index (κ3) is 2.30. The highest BCUT2D eigenvalue weighted by atomic mass is 19.4. The third-order valence-corrected chi connectivity index (χ3v) is 4.25. The van der Waals surface area contributed by atoms with E-state index in [1.807, 2.05) is 0 Å². The quantitative estimate of drug-likeness (QED) is 0.661. The molecule has 2 aliphatic rings. The molecule has 7 heteroatoms. The maximum atomic E-state index is 13.1. The summed E-state index contributed by atoms with van der Waals surface area (Å²) in [5.74, 6) is 5.49. The van der Waals surface area contributed by atoms with Crippen LogP contribution in [0.4, 0.5) is 13.2 Å². The number of pyridine rings is 1. The normalized spacial score (nSPS) is 30.7. The summed E-state index contributed by atoms with van der Waals surface area (Å²) in [6, 6.07) is 0.406. The first kappa shape index (κ1) is 13.8. The molecule has 2 bridgehead atoms. The molecule has 4 nitrogen and oxygen atoms in total. The van der Waals surface area contributed by atoms with Gasteiger partial charge < -0.3 is 4.74 Å². The zero-order chi connectivity index (χ0) is 14.3. The Labute approximate surface area is 114 Å². The van der Waals surface area contributed by atoms with Crippen molar-refractivity contribution in [2.75, 3.05) is 0 Å². The van der Waals surface area contributed by atoms with E-state index < -0.39 is 17.8 Å². The van der Waals surface area contributed by atoms with Crippen LogP contribution in [0, 0.1) is 5.92 Å². The van der Waals surface area contributed by atoms with E-state index in [4.69, 9.17) is 10.6 Å². The average molecular weight is 287 g/mol. The van der Waals surface area contributed by atoms with Gasteiger partial charge in [-0.05, 0) is 25.3 Å². The molecule has 3 rings (SSSR count). The van der Waals surface area contributed by atoms with Gasteiger partial charge in [-0.1, -0.05) is 0 Å². The average Bonchev–Trinajstić information content (AvgIpc) is 3.02. The zero-order valence-corrected chi connectivity index (χ0v) is 10.7.